The lowest BCUT2D eigenvalue weighted by molar-refractivity contribution is -0.118. The van der Waals surface area contributed by atoms with Crippen LogP contribution in [0, 0.1) is 12.3 Å². The quantitative estimate of drug-likeness (QED) is 0.311. The number of allylic oxidation sites excluding steroid dienone is 6. The summed E-state index contributed by atoms with van der Waals surface area (Å²) in [5.41, 5.74) is 7.71. The van der Waals surface area contributed by atoms with Crippen molar-refractivity contribution in [2.75, 3.05) is 32.8 Å². The molecule has 6 nitrogen and oxygen atoms in total. The number of hydrogen-bond donors (Lipinski definition) is 2. The van der Waals surface area contributed by atoms with Crippen molar-refractivity contribution in [2.24, 2.45) is 10.7 Å². The Bertz CT molecular complexity index is 741. The van der Waals surface area contributed by atoms with Crippen LogP contribution in [0.3, 0.4) is 0 Å². The average Bonchev–Trinajstić information content (AvgIpc) is 2.78. The Morgan fingerprint density at radius 3 is 2.90 bits per heavy atom. The summed E-state index contributed by atoms with van der Waals surface area (Å²) in [4.78, 5) is 18.4. The minimum atomic E-state index is -0.834. The van der Waals surface area contributed by atoms with E-state index in [1.54, 1.807) is 0 Å². The van der Waals surface area contributed by atoms with Gasteiger partial charge in [0.1, 0.15) is 11.9 Å². The minimum absolute atomic E-state index is 0.0622. The molecular formula is C24H36N4O2. The van der Waals surface area contributed by atoms with Crippen molar-refractivity contribution in [1.82, 2.24) is 10.2 Å². The lowest BCUT2D eigenvalue weighted by Crippen LogP contribution is -2.49. The molecule has 1 amide bonds. The number of ether oxygens (including phenoxy) is 1. The van der Waals surface area contributed by atoms with Gasteiger partial charge in [0.2, 0.25) is 5.91 Å². The largest absolute Gasteiger partial charge is 0.380 e. The molecule has 1 aliphatic rings. The highest BCUT2D eigenvalue weighted by atomic mass is 16.5. The molecule has 30 heavy (non-hydrogen) atoms. The molecule has 0 saturated carbocycles. The van der Waals surface area contributed by atoms with Gasteiger partial charge in [0, 0.05) is 19.2 Å². The zero-order valence-electron chi connectivity index (χ0n) is 18.7. The van der Waals surface area contributed by atoms with Crippen LogP contribution in [-0.4, -0.2) is 61.6 Å². The monoisotopic (exact) mass is 412 g/mol. The second kappa shape index (κ2) is 14.4. The number of nitrogens with one attached hydrogen (secondary N) is 1. The summed E-state index contributed by atoms with van der Waals surface area (Å²) < 4.78 is 5.59. The van der Waals surface area contributed by atoms with Crippen molar-refractivity contribution in [3.8, 4) is 12.3 Å². The summed E-state index contributed by atoms with van der Waals surface area (Å²) in [6, 6.07) is -0.771. The van der Waals surface area contributed by atoms with Crippen LogP contribution in [0.5, 0.6) is 0 Å². The van der Waals surface area contributed by atoms with Crippen molar-refractivity contribution in [2.45, 2.75) is 46.2 Å². The van der Waals surface area contributed by atoms with Gasteiger partial charge in [-0.25, -0.2) is 0 Å². The molecule has 0 aromatic carbocycles. The summed E-state index contributed by atoms with van der Waals surface area (Å²) in [5.74, 6) is 2.63. The molecule has 0 bridgehead atoms. The Kier molecular flexibility index (Phi) is 12.2. The van der Waals surface area contributed by atoms with Crippen LogP contribution in [0.4, 0.5) is 0 Å². The third-order valence-corrected chi connectivity index (χ3v) is 4.62. The summed E-state index contributed by atoms with van der Waals surface area (Å²) in [5, 5.41) is 3.03. The summed E-state index contributed by atoms with van der Waals surface area (Å²) >= 11 is 0. The fourth-order valence-electron chi connectivity index (χ4n) is 3.18. The van der Waals surface area contributed by atoms with Crippen molar-refractivity contribution < 1.29 is 9.53 Å². The van der Waals surface area contributed by atoms with Gasteiger partial charge in [0.25, 0.3) is 0 Å². The van der Waals surface area contributed by atoms with Crippen LogP contribution in [0.2, 0.25) is 0 Å². The predicted octanol–water partition coefficient (Wildman–Crippen LogP) is 2.60. The van der Waals surface area contributed by atoms with E-state index in [0.717, 1.165) is 17.8 Å². The maximum atomic E-state index is 11.5. The molecule has 0 aromatic rings. The van der Waals surface area contributed by atoms with Gasteiger partial charge in [-0.2, -0.15) is 0 Å². The fourth-order valence-corrected chi connectivity index (χ4v) is 3.18. The number of rotatable bonds is 11. The number of hydrogen-bond acceptors (Lipinski definition) is 5. The summed E-state index contributed by atoms with van der Waals surface area (Å²) in [7, 11) is 0. The molecule has 1 rings (SSSR count). The summed E-state index contributed by atoms with van der Waals surface area (Å²) in [6.45, 7) is 11.0. The number of carbonyl (C=O) groups is 1. The Hall–Kier alpha value is -2.62. The minimum Gasteiger partial charge on any atom is -0.380 e. The lowest BCUT2D eigenvalue weighted by Gasteiger charge is -2.31. The van der Waals surface area contributed by atoms with E-state index in [9.17, 15) is 4.79 Å². The Morgan fingerprint density at radius 1 is 1.53 bits per heavy atom. The van der Waals surface area contributed by atoms with Gasteiger partial charge in [0.05, 0.1) is 19.7 Å². The Morgan fingerprint density at radius 2 is 2.30 bits per heavy atom. The molecule has 0 fully saturated rings. The van der Waals surface area contributed by atoms with Gasteiger partial charge >= 0.3 is 0 Å². The molecule has 1 aliphatic heterocycles. The second-order valence-corrected chi connectivity index (χ2v) is 6.86. The van der Waals surface area contributed by atoms with Gasteiger partial charge < -0.3 is 15.4 Å². The molecular weight excluding hydrogens is 376 g/mol. The Labute approximate surface area is 181 Å². The molecule has 0 radical (unpaired) electrons. The van der Waals surface area contributed by atoms with Crippen molar-refractivity contribution >= 4 is 11.7 Å². The number of nitrogens with zero attached hydrogens (tertiary/aromatic N) is 2. The van der Waals surface area contributed by atoms with Gasteiger partial charge in [-0.3, -0.25) is 15.1 Å². The zero-order chi connectivity index (χ0) is 22.4. The molecule has 164 valence electrons. The second-order valence-electron chi connectivity index (χ2n) is 6.86. The zero-order valence-corrected chi connectivity index (χ0v) is 18.7. The molecule has 0 saturated heterocycles. The maximum absolute atomic E-state index is 11.5. The van der Waals surface area contributed by atoms with E-state index < -0.39 is 11.9 Å². The van der Waals surface area contributed by atoms with Crippen molar-refractivity contribution in [3.63, 3.8) is 0 Å². The Balaban J connectivity index is 3.21. The maximum Gasteiger partial charge on any atom is 0.247 e. The third kappa shape index (κ3) is 8.40. The van der Waals surface area contributed by atoms with E-state index >= 15 is 0 Å². The number of primary amides is 1. The molecule has 2 atom stereocenters. The van der Waals surface area contributed by atoms with Gasteiger partial charge in [-0.1, -0.05) is 49.3 Å². The molecule has 1 unspecified atom stereocenters. The van der Waals surface area contributed by atoms with E-state index in [2.05, 4.69) is 60.4 Å². The molecule has 6 heteroatoms. The van der Waals surface area contributed by atoms with Crippen LogP contribution in [-0.2, 0) is 9.53 Å². The normalized spacial score (nSPS) is 21.6. The van der Waals surface area contributed by atoms with E-state index in [1.807, 2.05) is 19.9 Å². The van der Waals surface area contributed by atoms with Gasteiger partial charge in [0.15, 0.2) is 0 Å². The van der Waals surface area contributed by atoms with Crippen LogP contribution in [0.15, 0.2) is 52.6 Å². The number of aliphatic imine (C=N–C) groups is 1. The van der Waals surface area contributed by atoms with E-state index in [1.165, 1.54) is 5.57 Å². The van der Waals surface area contributed by atoms with Crippen molar-refractivity contribution in [1.29, 1.82) is 0 Å². The standard InChI is InChI=1S/C24H36N4O2/c1-6-11-20(12-7-2)21-13-10-14-26-23(18-27-22(8-3)24(25)29)28(19(5)17-21)15-16-30-9-4/h3,6,10-13,17,19,22,27H,7,9,14-16,18H2,1-2,4-5H3,(H2,25,29)/b11-6-,13-10-,20-12+,21-17?,26-23-/t19?,22-/m0/s1. The summed E-state index contributed by atoms with van der Waals surface area (Å²) in [6.07, 6.45) is 19.2. The van der Waals surface area contributed by atoms with Crippen LogP contribution < -0.4 is 11.1 Å². The predicted molar refractivity (Wildman–Crippen MR) is 125 cm³/mol. The lowest BCUT2D eigenvalue weighted by atomic mass is 10.0. The molecule has 3 N–H and O–H groups in total. The van der Waals surface area contributed by atoms with Crippen LogP contribution >= 0.6 is 0 Å². The first-order valence-electron chi connectivity index (χ1n) is 10.6. The number of amidine groups is 1. The number of nitrogens with two attached hydrogens (primary N) is 1. The van der Waals surface area contributed by atoms with Crippen LogP contribution in [0.25, 0.3) is 0 Å². The van der Waals surface area contributed by atoms with E-state index in [4.69, 9.17) is 21.9 Å². The number of terminal acetylenes is 1. The SMILES string of the molecule is C#C[C@H](NC/C1=N/C/C=C\C(C(/C=C\C)=C/CC)=CC(C)N1CCOCC)C(N)=O. The first-order valence-corrected chi connectivity index (χ1v) is 10.6. The fraction of sp³-hybridized carbons (Fsp3) is 0.500. The number of carbonyl (C=O) groups excluding carboxylic acids is 1. The topological polar surface area (TPSA) is 79.9 Å². The third-order valence-electron chi connectivity index (χ3n) is 4.62. The molecule has 0 aliphatic carbocycles. The van der Waals surface area contributed by atoms with Gasteiger partial charge in [-0.15, -0.1) is 6.42 Å². The first-order chi connectivity index (χ1) is 14.5. The average molecular weight is 413 g/mol. The van der Waals surface area contributed by atoms with E-state index in [-0.39, 0.29) is 6.04 Å². The highest BCUT2D eigenvalue weighted by molar-refractivity contribution is 5.87. The smallest absolute Gasteiger partial charge is 0.247 e. The van der Waals surface area contributed by atoms with Crippen LogP contribution in [0.1, 0.15) is 34.1 Å². The van der Waals surface area contributed by atoms with E-state index in [0.29, 0.717) is 32.8 Å². The first kappa shape index (κ1) is 25.4. The molecule has 0 spiro atoms. The molecule has 0 aromatic heterocycles. The number of amides is 1. The molecule has 1 heterocycles. The highest BCUT2D eigenvalue weighted by Crippen LogP contribution is 2.19. The van der Waals surface area contributed by atoms with Gasteiger partial charge in [-0.05, 0) is 38.3 Å². The highest BCUT2D eigenvalue weighted by Gasteiger charge is 2.20. The van der Waals surface area contributed by atoms with Crippen molar-refractivity contribution in [3.05, 3.63) is 47.6 Å².